The summed E-state index contributed by atoms with van der Waals surface area (Å²) in [7, 11) is 4.46. The Morgan fingerprint density at radius 1 is 0.254 bits per heavy atom. The van der Waals surface area contributed by atoms with Gasteiger partial charge in [-0.25, -0.2) is 0 Å². The first-order valence-corrected chi connectivity index (χ1v) is 24.9. The summed E-state index contributed by atoms with van der Waals surface area (Å²) in [6.07, 6.45) is 0. The lowest BCUT2D eigenvalue weighted by atomic mass is 9.70. The Hall–Kier alpha value is -8.98. The third-order valence-electron chi connectivity index (χ3n) is 16.7. The van der Waals surface area contributed by atoms with Crippen molar-refractivity contribution in [3.63, 3.8) is 0 Å². The summed E-state index contributed by atoms with van der Waals surface area (Å²) in [5.41, 5.74) is 22.6. The van der Waals surface area contributed by atoms with Gasteiger partial charge in [-0.05, 0) is 117 Å². The third-order valence-corrected chi connectivity index (χ3v) is 16.7. The van der Waals surface area contributed by atoms with Crippen molar-refractivity contribution in [3.8, 4) is 55.6 Å². The molecule has 0 bridgehead atoms. The van der Waals surface area contributed by atoms with Gasteiger partial charge in [-0.2, -0.15) is 0 Å². The summed E-state index contributed by atoms with van der Waals surface area (Å²) in [4.78, 5) is 0. The molecule has 2 heterocycles. The van der Waals surface area contributed by atoms with Crippen LogP contribution >= 0.6 is 0 Å². The summed E-state index contributed by atoms with van der Waals surface area (Å²) in [6.45, 7) is 0. The molecule has 2 aliphatic carbocycles. The summed E-state index contributed by atoms with van der Waals surface area (Å²) in [6, 6.07) is 87.4. The maximum atomic E-state index is 2.53. The van der Waals surface area contributed by atoms with E-state index in [-0.39, 0.29) is 0 Å². The number of fused-ring (bicyclic) bond motifs is 20. The summed E-state index contributed by atoms with van der Waals surface area (Å²) < 4.78 is 4.80. The minimum atomic E-state index is -0.497. The third kappa shape index (κ3) is 4.87. The van der Waals surface area contributed by atoms with Crippen molar-refractivity contribution < 1.29 is 0 Å². The molecule has 0 amide bonds. The van der Waals surface area contributed by atoms with Gasteiger partial charge in [0.15, 0.2) is 0 Å². The molecule has 330 valence electrons. The average Bonchev–Trinajstić information content (AvgIpc) is 4.12. The molecule has 0 N–H and O–H groups in total. The first kappa shape index (κ1) is 38.9. The SMILES string of the molecule is Cn1c2ccccc2c2cccc(-c3cccc4c(-c5cccc6c5-c5c(ccc7ccccc57)C65c6ccccc6-c6ccccc65)c5cccc(-c6cccc7c8ccccc8n(C)c67)c5cc34)c21. The average molecular weight is 901 g/mol. The predicted molar refractivity (Wildman–Crippen MR) is 300 cm³/mol. The van der Waals surface area contributed by atoms with Gasteiger partial charge in [0.05, 0.1) is 16.4 Å². The number of hydrogen-bond donors (Lipinski definition) is 0. The van der Waals surface area contributed by atoms with Gasteiger partial charge in [0.1, 0.15) is 0 Å². The maximum Gasteiger partial charge on any atom is 0.0725 e. The van der Waals surface area contributed by atoms with Crippen molar-refractivity contribution in [1.82, 2.24) is 9.13 Å². The minimum Gasteiger partial charge on any atom is -0.343 e. The number of para-hydroxylation sites is 4. The van der Waals surface area contributed by atoms with E-state index in [1.807, 2.05) is 0 Å². The van der Waals surface area contributed by atoms with Crippen LogP contribution in [0.3, 0.4) is 0 Å². The van der Waals surface area contributed by atoms with Crippen molar-refractivity contribution in [1.29, 1.82) is 0 Å². The fourth-order valence-corrected chi connectivity index (χ4v) is 14.0. The second kappa shape index (κ2) is 14.1. The number of aryl methyl sites for hydroxylation is 2. The molecule has 0 atom stereocenters. The lowest BCUT2D eigenvalue weighted by Gasteiger charge is -2.30. The Kier molecular flexibility index (Phi) is 7.71. The van der Waals surface area contributed by atoms with Crippen LogP contribution < -0.4 is 0 Å². The maximum absolute atomic E-state index is 2.53. The number of benzene rings is 12. The smallest absolute Gasteiger partial charge is 0.0725 e. The molecule has 0 saturated heterocycles. The molecule has 71 heavy (non-hydrogen) atoms. The van der Waals surface area contributed by atoms with E-state index in [4.69, 9.17) is 0 Å². The van der Waals surface area contributed by atoms with Crippen molar-refractivity contribution in [3.05, 3.63) is 253 Å². The normalized spacial score (nSPS) is 13.3. The second-order valence-corrected chi connectivity index (χ2v) is 19.9. The molecule has 0 radical (unpaired) electrons. The Bertz CT molecular complexity index is 4450. The molecule has 0 fully saturated rings. The highest BCUT2D eigenvalue weighted by molar-refractivity contribution is 6.25. The van der Waals surface area contributed by atoms with Crippen molar-refractivity contribution in [2.24, 2.45) is 14.1 Å². The highest BCUT2D eigenvalue weighted by Crippen LogP contribution is 2.65. The van der Waals surface area contributed by atoms with Crippen LogP contribution in [0.2, 0.25) is 0 Å². The van der Waals surface area contributed by atoms with Gasteiger partial charge in [0.2, 0.25) is 0 Å². The molecule has 2 heteroatoms. The largest absolute Gasteiger partial charge is 0.343 e. The van der Waals surface area contributed by atoms with E-state index in [0.29, 0.717) is 0 Å². The molecule has 12 aromatic carbocycles. The van der Waals surface area contributed by atoms with E-state index in [9.17, 15) is 0 Å². The van der Waals surface area contributed by atoms with Gasteiger partial charge >= 0.3 is 0 Å². The molecule has 0 aliphatic heterocycles. The molecule has 2 nitrogen and oxygen atoms in total. The van der Waals surface area contributed by atoms with Crippen LogP contribution in [0.4, 0.5) is 0 Å². The Morgan fingerprint density at radius 2 is 0.662 bits per heavy atom. The Morgan fingerprint density at radius 3 is 1.25 bits per heavy atom. The van der Waals surface area contributed by atoms with Crippen LogP contribution in [0.5, 0.6) is 0 Å². The van der Waals surface area contributed by atoms with Crippen LogP contribution in [-0.2, 0) is 19.5 Å². The van der Waals surface area contributed by atoms with Gasteiger partial charge in [0, 0.05) is 57.8 Å². The van der Waals surface area contributed by atoms with Crippen molar-refractivity contribution in [2.45, 2.75) is 5.41 Å². The zero-order chi connectivity index (χ0) is 46.7. The molecule has 0 unspecified atom stereocenters. The summed E-state index contributed by atoms with van der Waals surface area (Å²) >= 11 is 0. The number of hydrogen-bond acceptors (Lipinski definition) is 0. The van der Waals surface area contributed by atoms with Gasteiger partial charge in [-0.1, -0.05) is 212 Å². The van der Waals surface area contributed by atoms with E-state index in [0.717, 1.165) is 0 Å². The number of aromatic nitrogens is 2. The Balaban J connectivity index is 1.09. The monoisotopic (exact) mass is 900 g/mol. The fourth-order valence-electron chi connectivity index (χ4n) is 14.0. The van der Waals surface area contributed by atoms with E-state index in [1.165, 1.54) is 154 Å². The topological polar surface area (TPSA) is 9.86 Å². The van der Waals surface area contributed by atoms with Crippen LogP contribution in [-0.4, -0.2) is 9.13 Å². The standard InChI is InChI=1S/C69H44N2/c1-70-62-36-11-7-22-47(62)53-30-15-28-51(67(53)70)43-24-13-26-49-56(43)40-57-44(52-29-16-31-54-48-23-8-12-37-63(48)71(2)68(52)54)25-14-27-50(57)64(49)55-32-17-35-60-66(55)65-42-19-4-3-18-41(42)38-39-61(65)69(60)58-33-9-5-20-45(58)46-21-6-10-34-59(46)69/h3-40H,1-2H3. The summed E-state index contributed by atoms with van der Waals surface area (Å²) in [5.74, 6) is 0. The van der Waals surface area contributed by atoms with Gasteiger partial charge in [-0.3, -0.25) is 0 Å². The lowest BCUT2D eigenvalue weighted by molar-refractivity contribution is 0.794. The van der Waals surface area contributed by atoms with Crippen molar-refractivity contribution >= 4 is 75.9 Å². The quantitative estimate of drug-likeness (QED) is 0.156. The fraction of sp³-hybridized carbons (Fsp3) is 0.0435. The predicted octanol–water partition coefficient (Wildman–Crippen LogP) is 17.8. The molecule has 0 saturated carbocycles. The number of nitrogens with zero attached hydrogens (tertiary/aromatic N) is 2. The van der Waals surface area contributed by atoms with E-state index >= 15 is 0 Å². The Labute approximate surface area is 410 Å². The lowest BCUT2D eigenvalue weighted by Crippen LogP contribution is -2.25. The van der Waals surface area contributed by atoms with E-state index in [1.54, 1.807) is 0 Å². The van der Waals surface area contributed by atoms with E-state index < -0.39 is 5.41 Å². The molecular formula is C69H44N2. The molecule has 14 aromatic rings. The highest BCUT2D eigenvalue weighted by atomic mass is 14.9. The van der Waals surface area contributed by atoms with Crippen LogP contribution in [0.1, 0.15) is 22.3 Å². The van der Waals surface area contributed by atoms with Gasteiger partial charge in [-0.15, -0.1) is 0 Å². The highest BCUT2D eigenvalue weighted by Gasteiger charge is 2.52. The zero-order valence-corrected chi connectivity index (χ0v) is 39.3. The number of rotatable bonds is 3. The molecule has 1 spiro atoms. The van der Waals surface area contributed by atoms with Crippen molar-refractivity contribution in [2.75, 3.05) is 0 Å². The molecular weight excluding hydrogens is 857 g/mol. The molecule has 2 aliphatic rings. The van der Waals surface area contributed by atoms with Gasteiger partial charge < -0.3 is 9.13 Å². The molecule has 2 aromatic heterocycles. The summed E-state index contributed by atoms with van der Waals surface area (Å²) in [5, 5.41) is 12.6. The first-order chi connectivity index (χ1) is 35.1. The molecule has 16 rings (SSSR count). The van der Waals surface area contributed by atoms with Gasteiger partial charge in [0.25, 0.3) is 0 Å². The van der Waals surface area contributed by atoms with Crippen LogP contribution in [0.25, 0.3) is 132 Å². The minimum absolute atomic E-state index is 0.497. The van der Waals surface area contributed by atoms with E-state index in [2.05, 4.69) is 254 Å². The van der Waals surface area contributed by atoms with Crippen LogP contribution in [0.15, 0.2) is 231 Å². The first-order valence-electron chi connectivity index (χ1n) is 24.9. The second-order valence-electron chi connectivity index (χ2n) is 19.9. The zero-order valence-electron chi connectivity index (χ0n) is 39.3. The van der Waals surface area contributed by atoms with Crippen LogP contribution in [0, 0.1) is 0 Å².